The van der Waals surface area contributed by atoms with Gasteiger partial charge in [-0.2, -0.15) is 0 Å². The summed E-state index contributed by atoms with van der Waals surface area (Å²) in [5.74, 6) is 0.0921. The average Bonchev–Trinajstić information content (AvgIpc) is 2.96. The molecule has 2 atom stereocenters. The Morgan fingerprint density at radius 3 is 2.75 bits per heavy atom. The third-order valence-corrected chi connectivity index (χ3v) is 4.90. The van der Waals surface area contributed by atoms with Crippen LogP contribution >= 0.6 is 0 Å². The molecule has 4 rings (SSSR count). The number of piperazine rings is 3. The number of amides is 1. The standard InChI is InChI=1S/C14H25N3O3/c1-19-10-14(2-7-20-11-14)13(18)15-8-12-9-16-3-5-17(12)6-4-16/h12H,2-11H2,1H3,(H,15,18). The molecule has 4 heterocycles. The van der Waals surface area contributed by atoms with Gasteiger partial charge in [0.1, 0.15) is 0 Å². The molecule has 6 nitrogen and oxygen atoms in total. The zero-order valence-corrected chi connectivity index (χ0v) is 12.3. The molecule has 1 N–H and O–H groups in total. The molecule has 0 aromatic heterocycles. The molecule has 4 fully saturated rings. The normalized spacial score (nSPS) is 40.0. The van der Waals surface area contributed by atoms with Crippen LogP contribution in [0.5, 0.6) is 0 Å². The minimum atomic E-state index is -0.474. The molecule has 4 saturated heterocycles. The summed E-state index contributed by atoms with van der Waals surface area (Å²) in [6.45, 7) is 8.00. The van der Waals surface area contributed by atoms with E-state index in [0.29, 0.717) is 25.9 Å². The van der Waals surface area contributed by atoms with Crippen LogP contribution in [0, 0.1) is 5.41 Å². The highest BCUT2D eigenvalue weighted by Gasteiger charge is 2.43. The Bertz CT molecular complexity index is 350. The van der Waals surface area contributed by atoms with Gasteiger partial charge in [0, 0.05) is 59.0 Å². The van der Waals surface area contributed by atoms with Crippen molar-refractivity contribution >= 4 is 5.91 Å². The summed E-state index contributed by atoms with van der Waals surface area (Å²) < 4.78 is 10.6. The number of methoxy groups -OCH3 is 1. The molecule has 0 saturated carbocycles. The molecule has 4 aliphatic heterocycles. The fourth-order valence-corrected chi connectivity index (χ4v) is 3.56. The van der Waals surface area contributed by atoms with Crippen LogP contribution in [-0.2, 0) is 14.3 Å². The van der Waals surface area contributed by atoms with Crippen molar-refractivity contribution < 1.29 is 14.3 Å². The lowest BCUT2D eigenvalue weighted by atomic mass is 9.87. The number of ether oxygens (including phenoxy) is 2. The highest BCUT2D eigenvalue weighted by molar-refractivity contribution is 5.83. The Labute approximate surface area is 120 Å². The van der Waals surface area contributed by atoms with Gasteiger partial charge < -0.3 is 14.8 Å². The molecular formula is C14H25N3O3. The summed E-state index contributed by atoms with van der Waals surface area (Å²) in [7, 11) is 1.65. The molecule has 0 spiro atoms. The highest BCUT2D eigenvalue weighted by Crippen LogP contribution is 2.29. The van der Waals surface area contributed by atoms with Crippen molar-refractivity contribution in [3.63, 3.8) is 0 Å². The molecule has 0 radical (unpaired) electrons. The Hall–Kier alpha value is -0.690. The van der Waals surface area contributed by atoms with E-state index < -0.39 is 5.41 Å². The van der Waals surface area contributed by atoms with E-state index in [1.54, 1.807) is 7.11 Å². The second-order valence-corrected chi connectivity index (χ2v) is 6.22. The first-order valence-corrected chi connectivity index (χ1v) is 7.55. The fraction of sp³-hybridized carbons (Fsp3) is 0.929. The van der Waals surface area contributed by atoms with Crippen LogP contribution in [0.3, 0.4) is 0 Å². The first-order valence-electron chi connectivity index (χ1n) is 7.55. The third-order valence-electron chi connectivity index (χ3n) is 4.90. The second kappa shape index (κ2) is 5.97. The molecule has 1 amide bonds. The lowest BCUT2D eigenvalue weighted by Gasteiger charge is -2.47. The largest absolute Gasteiger partial charge is 0.383 e. The van der Waals surface area contributed by atoms with E-state index in [1.165, 1.54) is 13.1 Å². The zero-order valence-electron chi connectivity index (χ0n) is 12.3. The molecular weight excluding hydrogens is 258 g/mol. The number of carbonyl (C=O) groups excluding carboxylic acids is 1. The maximum Gasteiger partial charge on any atom is 0.231 e. The summed E-state index contributed by atoms with van der Waals surface area (Å²) in [6.07, 6.45) is 0.757. The Morgan fingerprint density at radius 2 is 2.20 bits per heavy atom. The van der Waals surface area contributed by atoms with E-state index in [4.69, 9.17) is 9.47 Å². The van der Waals surface area contributed by atoms with E-state index >= 15 is 0 Å². The van der Waals surface area contributed by atoms with E-state index in [0.717, 1.165) is 32.6 Å². The summed E-state index contributed by atoms with van der Waals surface area (Å²) in [5.41, 5.74) is -0.474. The number of carbonyl (C=O) groups is 1. The Kier molecular flexibility index (Phi) is 4.26. The van der Waals surface area contributed by atoms with Crippen LogP contribution in [0.15, 0.2) is 0 Å². The van der Waals surface area contributed by atoms with Gasteiger partial charge in [-0.25, -0.2) is 0 Å². The van der Waals surface area contributed by atoms with Crippen LogP contribution in [0.2, 0.25) is 0 Å². The molecule has 2 bridgehead atoms. The van der Waals surface area contributed by atoms with Crippen molar-refractivity contribution in [2.45, 2.75) is 12.5 Å². The highest BCUT2D eigenvalue weighted by atomic mass is 16.5. The summed E-state index contributed by atoms with van der Waals surface area (Å²) in [4.78, 5) is 17.5. The van der Waals surface area contributed by atoms with E-state index in [9.17, 15) is 4.79 Å². The predicted octanol–water partition coefficient (Wildman–Crippen LogP) is -0.844. The van der Waals surface area contributed by atoms with Crippen LogP contribution in [-0.4, -0.2) is 87.9 Å². The van der Waals surface area contributed by atoms with Crippen molar-refractivity contribution in [1.29, 1.82) is 0 Å². The van der Waals surface area contributed by atoms with Gasteiger partial charge in [-0.3, -0.25) is 14.6 Å². The molecule has 6 heteroatoms. The van der Waals surface area contributed by atoms with Crippen molar-refractivity contribution in [3.8, 4) is 0 Å². The van der Waals surface area contributed by atoms with Crippen molar-refractivity contribution in [2.24, 2.45) is 5.41 Å². The van der Waals surface area contributed by atoms with Crippen molar-refractivity contribution in [2.75, 3.05) is 66.2 Å². The van der Waals surface area contributed by atoms with Crippen LogP contribution in [0.4, 0.5) is 0 Å². The minimum Gasteiger partial charge on any atom is -0.383 e. The Morgan fingerprint density at radius 1 is 1.40 bits per heavy atom. The van der Waals surface area contributed by atoms with Gasteiger partial charge in [0.15, 0.2) is 0 Å². The van der Waals surface area contributed by atoms with E-state index in [-0.39, 0.29) is 5.91 Å². The third kappa shape index (κ3) is 2.70. The van der Waals surface area contributed by atoms with Crippen LogP contribution in [0.1, 0.15) is 6.42 Å². The van der Waals surface area contributed by atoms with Crippen LogP contribution in [0.25, 0.3) is 0 Å². The summed E-state index contributed by atoms with van der Waals surface area (Å²) in [6, 6.07) is 0.461. The smallest absolute Gasteiger partial charge is 0.231 e. The predicted molar refractivity (Wildman–Crippen MR) is 74.6 cm³/mol. The van der Waals surface area contributed by atoms with Gasteiger partial charge in [-0.05, 0) is 6.42 Å². The number of hydrogen-bond acceptors (Lipinski definition) is 5. The first-order chi connectivity index (χ1) is 9.73. The van der Waals surface area contributed by atoms with Gasteiger partial charge in [0.2, 0.25) is 5.91 Å². The zero-order chi connectivity index (χ0) is 14.0. The van der Waals surface area contributed by atoms with Crippen molar-refractivity contribution in [3.05, 3.63) is 0 Å². The van der Waals surface area contributed by atoms with E-state index in [2.05, 4.69) is 15.1 Å². The lowest BCUT2D eigenvalue weighted by molar-refractivity contribution is -0.134. The van der Waals surface area contributed by atoms with Gasteiger partial charge in [-0.15, -0.1) is 0 Å². The fourth-order valence-electron chi connectivity index (χ4n) is 3.56. The summed E-state index contributed by atoms with van der Waals surface area (Å²) >= 11 is 0. The monoisotopic (exact) mass is 283 g/mol. The van der Waals surface area contributed by atoms with Crippen LogP contribution < -0.4 is 5.32 Å². The minimum absolute atomic E-state index is 0.0921. The Balaban J connectivity index is 1.53. The molecule has 114 valence electrons. The number of fused-ring (bicyclic) bond motifs is 3. The average molecular weight is 283 g/mol. The molecule has 0 aromatic rings. The molecule has 20 heavy (non-hydrogen) atoms. The van der Waals surface area contributed by atoms with Gasteiger partial charge >= 0.3 is 0 Å². The topological polar surface area (TPSA) is 54.0 Å². The van der Waals surface area contributed by atoms with Gasteiger partial charge in [-0.1, -0.05) is 0 Å². The molecule has 0 aromatic carbocycles. The maximum atomic E-state index is 12.5. The number of rotatable bonds is 5. The van der Waals surface area contributed by atoms with Gasteiger partial charge in [0.25, 0.3) is 0 Å². The number of nitrogens with one attached hydrogen (secondary N) is 1. The second-order valence-electron chi connectivity index (χ2n) is 6.22. The SMILES string of the molecule is COCC1(C(=O)NCC2CN3CCN2CC3)CCOC1. The first kappa shape index (κ1) is 14.3. The quantitative estimate of drug-likeness (QED) is 0.713. The molecule has 0 aliphatic carbocycles. The van der Waals surface area contributed by atoms with Gasteiger partial charge in [0.05, 0.1) is 18.6 Å². The summed E-state index contributed by atoms with van der Waals surface area (Å²) in [5, 5.41) is 3.14. The molecule has 4 aliphatic rings. The lowest BCUT2D eigenvalue weighted by Crippen LogP contribution is -2.64. The number of nitrogens with zero attached hydrogens (tertiary/aromatic N) is 2. The van der Waals surface area contributed by atoms with E-state index in [1.807, 2.05) is 0 Å². The molecule has 2 unspecified atom stereocenters. The number of hydrogen-bond donors (Lipinski definition) is 1. The van der Waals surface area contributed by atoms with Crippen molar-refractivity contribution in [1.82, 2.24) is 15.1 Å². The maximum absolute atomic E-state index is 12.5.